The van der Waals surface area contributed by atoms with Crippen LogP contribution in [0.25, 0.3) is 11.0 Å². The number of aryl methyl sites for hydroxylation is 1. The number of nitrogens with one attached hydrogen (secondary N) is 1. The van der Waals surface area contributed by atoms with Gasteiger partial charge in [-0.15, -0.1) is 0 Å². The van der Waals surface area contributed by atoms with Gasteiger partial charge in [0.2, 0.25) is 15.6 Å². The largest absolute Gasteiger partial charge is 0.366 e. The number of amides is 1. The van der Waals surface area contributed by atoms with Gasteiger partial charge in [0.15, 0.2) is 0 Å². The average Bonchev–Trinajstić information content (AvgIpc) is 3.17. The van der Waals surface area contributed by atoms with E-state index in [0.717, 1.165) is 30.1 Å². The minimum absolute atomic E-state index is 0.0268. The van der Waals surface area contributed by atoms with Gasteiger partial charge in [-0.3, -0.25) is 9.59 Å². The van der Waals surface area contributed by atoms with Crippen LogP contribution in [0, 0.1) is 18.6 Å². The van der Waals surface area contributed by atoms with E-state index in [4.69, 9.17) is 5.73 Å². The third-order valence-corrected chi connectivity index (χ3v) is 6.71. The van der Waals surface area contributed by atoms with Crippen molar-refractivity contribution in [2.45, 2.75) is 16.7 Å². The van der Waals surface area contributed by atoms with Gasteiger partial charge >= 0.3 is 0 Å². The Morgan fingerprint density at radius 3 is 2.34 bits per heavy atom. The fourth-order valence-electron chi connectivity index (χ4n) is 3.26. The molecule has 162 valence electrons. The van der Waals surface area contributed by atoms with Crippen LogP contribution in [-0.2, 0) is 9.84 Å². The smallest absolute Gasteiger partial charge is 0.251 e. The van der Waals surface area contributed by atoms with Crippen LogP contribution in [0.2, 0.25) is 0 Å². The first kappa shape index (κ1) is 21.3. The molecule has 2 aromatic heterocycles. The first-order valence-electron chi connectivity index (χ1n) is 9.22. The number of aromatic amines is 1. The molecule has 32 heavy (non-hydrogen) atoms. The molecule has 0 saturated carbocycles. The molecule has 0 unspecified atom stereocenters. The highest BCUT2D eigenvalue weighted by atomic mass is 32.2. The van der Waals surface area contributed by atoms with Gasteiger partial charge in [-0.25, -0.2) is 22.2 Å². The van der Waals surface area contributed by atoms with E-state index in [1.807, 2.05) is 6.92 Å². The van der Waals surface area contributed by atoms with Crippen LogP contribution in [0.4, 0.5) is 8.78 Å². The number of H-pyrrole nitrogens is 1. The summed E-state index contributed by atoms with van der Waals surface area (Å²) in [6.45, 7) is 1.81. The lowest BCUT2D eigenvalue weighted by Gasteiger charge is -2.08. The van der Waals surface area contributed by atoms with E-state index < -0.39 is 44.3 Å². The van der Waals surface area contributed by atoms with Gasteiger partial charge < -0.3 is 10.7 Å². The Morgan fingerprint density at radius 2 is 1.69 bits per heavy atom. The lowest BCUT2D eigenvalue weighted by Crippen LogP contribution is -2.17. The summed E-state index contributed by atoms with van der Waals surface area (Å²) in [7, 11) is -3.96. The molecule has 2 heterocycles. The number of carbonyl (C=O) groups is 2. The summed E-state index contributed by atoms with van der Waals surface area (Å²) >= 11 is 0. The van der Waals surface area contributed by atoms with Gasteiger partial charge in [0.1, 0.15) is 17.3 Å². The summed E-state index contributed by atoms with van der Waals surface area (Å²) in [5.74, 6) is -4.85. The van der Waals surface area contributed by atoms with E-state index in [2.05, 4.69) is 9.97 Å². The number of pyridine rings is 1. The Hall–Kier alpha value is -3.92. The van der Waals surface area contributed by atoms with E-state index in [1.165, 1.54) is 18.2 Å². The molecule has 1 amide bonds. The number of rotatable bonds is 5. The number of nitrogens with two attached hydrogens (primary N) is 1. The first-order valence-corrected chi connectivity index (χ1v) is 10.7. The van der Waals surface area contributed by atoms with Crippen LogP contribution < -0.4 is 5.73 Å². The van der Waals surface area contributed by atoms with Gasteiger partial charge in [-0.05, 0) is 37.3 Å². The fourth-order valence-corrected chi connectivity index (χ4v) is 4.49. The molecule has 4 rings (SSSR count). The molecule has 0 aliphatic rings. The molecule has 0 aliphatic carbocycles. The molecular weight excluding hydrogens is 440 g/mol. The van der Waals surface area contributed by atoms with E-state index in [-0.39, 0.29) is 26.4 Å². The zero-order valence-corrected chi connectivity index (χ0v) is 17.3. The second-order valence-electron chi connectivity index (χ2n) is 7.06. The minimum Gasteiger partial charge on any atom is -0.366 e. The van der Waals surface area contributed by atoms with Crippen molar-refractivity contribution in [3.05, 3.63) is 88.7 Å². The monoisotopic (exact) mass is 455 g/mol. The molecule has 7 nitrogen and oxygen atoms in total. The first-order chi connectivity index (χ1) is 15.1. The summed E-state index contributed by atoms with van der Waals surface area (Å²) < 4.78 is 55.0. The third kappa shape index (κ3) is 3.44. The Balaban J connectivity index is 1.86. The van der Waals surface area contributed by atoms with Crippen molar-refractivity contribution in [2.24, 2.45) is 5.73 Å². The Morgan fingerprint density at radius 1 is 1.00 bits per heavy atom. The van der Waals surface area contributed by atoms with Crippen molar-refractivity contribution in [3.8, 4) is 0 Å². The molecule has 10 heteroatoms. The van der Waals surface area contributed by atoms with Gasteiger partial charge in [-0.1, -0.05) is 17.7 Å². The highest BCUT2D eigenvalue weighted by molar-refractivity contribution is 7.91. The number of hydrogen-bond acceptors (Lipinski definition) is 5. The number of fused-ring (bicyclic) bond motifs is 1. The van der Waals surface area contributed by atoms with Gasteiger partial charge in [0.25, 0.3) is 5.91 Å². The highest BCUT2D eigenvalue weighted by Crippen LogP contribution is 2.28. The predicted octanol–water partition coefficient (Wildman–Crippen LogP) is 3.31. The maximum atomic E-state index is 14.7. The second kappa shape index (κ2) is 7.65. The standard InChI is InChI=1S/C22H15F2N3O4S/c1-11-2-4-12(5-3-11)32(30,31)13-8-15-16(10-27-22(15)26-9-13)20(28)18-17(23)7-6-14(19(18)24)21(25)29/h2-10H,1H3,(H2,25,29)(H,26,27). The van der Waals surface area contributed by atoms with Gasteiger partial charge in [0.05, 0.1) is 20.9 Å². The Labute approximate surface area is 180 Å². The quantitative estimate of drug-likeness (QED) is 0.447. The molecule has 0 bridgehead atoms. The summed E-state index contributed by atoms with van der Waals surface area (Å²) in [5.41, 5.74) is 4.26. The van der Waals surface area contributed by atoms with E-state index >= 15 is 0 Å². The summed E-state index contributed by atoms with van der Waals surface area (Å²) in [5, 5.41) is 0.0477. The van der Waals surface area contributed by atoms with Crippen LogP contribution in [-0.4, -0.2) is 30.1 Å². The van der Waals surface area contributed by atoms with Crippen molar-refractivity contribution >= 4 is 32.6 Å². The topological polar surface area (TPSA) is 123 Å². The van der Waals surface area contributed by atoms with Crippen molar-refractivity contribution < 1.29 is 26.8 Å². The van der Waals surface area contributed by atoms with Crippen LogP contribution in [0.15, 0.2) is 64.6 Å². The zero-order chi connectivity index (χ0) is 23.2. The molecule has 2 aromatic carbocycles. The van der Waals surface area contributed by atoms with E-state index in [1.54, 1.807) is 12.1 Å². The second-order valence-corrected chi connectivity index (χ2v) is 9.01. The lowest BCUT2D eigenvalue weighted by atomic mass is 9.99. The minimum atomic E-state index is -3.96. The molecule has 0 radical (unpaired) electrons. The summed E-state index contributed by atoms with van der Waals surface area (Å²) in [6, 6.07) is 8.97. The van der Waals surface area contributed by atoms with Crippen molar-refractivity contribution in [1.29, 1.82) is 0 Å². The van der Waals surface area contributed by atoms with E-state index in [0.29, 0.717) is 0 Å². The van der Waals surface area contributed by atoms with Crippen molar-refractivity contribution in [2.75, 3.05) is 0 Å². The van der Waals surface area contributed by atoms with Crippen LogP contribution in [0.1, 0.15) is 31.8 Å². The molecule has 0 saturated heterocycles. The summed E-state index contributed by atoms with van der Waals surface area (Å²) in [6.07, 6.45) is 2.29. The summed E-state index contributed by atoms with van der Waals surface area (Å²) in [4.78, 5) is 30.9. The highest BCUT2D eigenvalue weighted by Gasteiger charge is 2.27. The SMILES string of the molecule is Cc1ccc(S(=O)(=O)c2cnc3[nH]cc(C(=O)c4c(F)ccc(C(N)=O)c4F)c3c2)cc1. The molecule has 3 N–H and O–H groups in total. The number of nitrogens with zero attached hydrogens (tertiary/aromatic N) is 1. The third-order valence-electron chi connectivity index (χ3n) is 4.98. The predicted molar refractivity (Wildman–Crippen MR) is 111 cm³/mol. The molecule has 0 atom stereocenters. The van der Waals surface area contributed by atoms with Crippen LogP contribution >= 0.6 is 0 Å². The molecule has 0 aliphatic heterocycles. The average molecular weight is 455 g/mol. The number of halogens is 2. The van der Waals surface area contributed by atoms with Crippen molar-refractivity contribution in [1.82, 2.24) is 9.97 Å². The number of ketones is 1. The molecular formula is C22H15F2N3O4S. The number of sulfone groups is 1. The Kier molecular flexibility index (Phi) is 5.09. The normalized spacial score (nSPS) is 11.6. The molecule has 0 spiro atoms. The maximum absolute atomic E-state index is 14.7. The number of primary amides is 1. The lowest BCUT2D eigenvalue weighted by molar-refractivity contribution is 0.0996. The number of hydrogen-bond donors (Lipinski definition) is 2. The van der Waals surface area contributed by atoms with E-state index in [9.17, 15) is 26.8 Å². The zero-order valence-electron chi connectivity index (χ0n) is 16.5. The fraction of sp³-hybridized carbons (Fsp3) is 0.0455. The van der Waals surface area contributed by atoms with Crippen LogP contribution in [0.3, 0.4) is 0 Å². The van der Waals surface area contributed by atoms with Gasteiger partial charge in [-0.2, -0.15) is 0 Å². The number of benzene rings is 2. The number of aromatic nitrogens is 2. The molecule has 0 fully saturated rings. The Bertz CT molecular complexity index is 1510. The van der Waals surface area contributed by atoms with Crippen LogP contribution in [0.5, 0.6) is 0 Å². The van der Waals surface area contributed by atoms with Crippen molar-refractivity contribution in [3.63, 3.8) is 0 Å². The number of carbonyl (C=O) groups excluding carboxylic acids is 2. The molecule has 4 aromatic rings. The maximum Gasteiger partial charge on any atom is 0.251 e. The van der Waals surface area contributed by atoms with Gasteiger partial charge in [0, 0.05) is 23.3 Å².